The molecule has 104 valence electrons. The zero-order chi connectivity index (χ0) is 13.7. The van der Waals surface area contributed by atoms with Crippen molar-refractivity contribution in [3.63, 3.8) is 0 Å². The van der Waals surface area contributed by atoms with Gasteiger partial charge in [-0.3, -0.25) is 9.59 Å². The highest BCUT2D eigenvalue weighted by atomic mass is 16.2. The molecule has 0 unspecified atom stereocenters. The smallest absolute Gasteiger partial charge is 0.239 e. The maximum absolute atomic E-state index is 12.0. The number of rotatable bonds is 4. The number of piperidine rings is 1. The lowest BCUT2D eigenvalue weighted by Crippen LogP contribution is -2.48. The van der Waals surface area contributed by atoms with Crippen molar-refractivity contribution in [3.8, 4) is 0 Å². The first kappa shape index (κ1) is 15.0. The largest absolute Gasteiger partial charge is 0.349 e. The summed E-state index contributed by atoms with van der Waals surface area (Å²) >= 11 is 0. The summed E-state index contributed by atoms with van der Waals surface area (Å²) in [5, 5.41) is 0. The molecule has 0 radical (unpaired) electrons. The van der Waals surface area contributed by atoms with Gasteiger partial charge in [0.15, 0.2) is 0 Å². The van der Waals surface area contributed by atoms with E-state index in [1.54, 1.807) is 23.9 Å². The van der Waals surface area contributed by atoms with Crippen LogP contribution < -0.4 is 5.73 Å². The van der Waals surface area contributed by atoms with E-state index in [4.69, 9.17) is 5.73 Å². The fourth-order valence-corrected chi connectivity index (χ4v) is 2.38. The first-order valence-corrected chi connectivity index (χ1v) is 6.72. The number of nitrogens with two attached hydrogens (primary N) is 1. The van der Waals surface area contributed by atoms with Crippen molar-refractivity contribution in [3.05, 3.63) is 0 Å². The third kappa shape index (κ3) is 3.70. The molecule has 0 spiro atoms. The standard InChI is InChI=1S/C13H25N3O2/c1-4-5-11(14)13(18)16-8-6-10(7-9-16)12(17)15(2)3/h10-11H,4-9,14H2,1-3H3/t11-/m1/s1. The van der Waals surface area contributed by atoms with Crippen molar-refractivity contribution in [2.45, 2.75) is 38.6 Å². The van der Waals surface area contributed by atoms with Gasteiger partial charge in [0.1, 0.15) is 0 Å². The highest BCUT2D eigenvalue weighted by Gasteiger charge is 2.29. The summed E-state index contributed by atoms with van der Waals surface area (Å²) in [6.07, 6.45) is 3.15. The molecule has 1 atom stereocenters. The maximum atomic E-state index is 12.0. The minimum Gasteiger partial charge on any atom is -0.349 e. The van der Waals surface area contributed by atoms with E-state index in [2.05, 4.69) is 0 Å². The van der Waals surface area contributed by atoms with Crippen molar-refractivity contribution < 1.29 is 9.59 Å². The molecule has 0 aromatic rings. The number of likely N-dealkylation sites (tertiary alicyclic amines) is 1. The Morgan fingerprint density at radius 3 is 2.33 bits per heavy atom. The van der Waals surface area contributed by atoms with Crippen molar-refractivity contribution in [2.24, 2.45) is 11.7 Å². The van der Waals surface area contributed by atoms with Crippen LogP contribution in [0.3, 0.4) is 0 Å². The zero-order valence-corrected chi connectivity index (χ0v) is 11.7. The number of hydrogen-bond acceptors (Lipinski definition) is 3. The topological polar surface area (TPSA) is 66.6 Å². The molecular weight excluding hydrogens is 230 g/mol. The molecule has 1 saturated heterocycles. The van der Waals surface area contributed by atoms with Crippen LogP contribution in [0.5, 0.6) is 0 Å². The molecule has 0 aromatic carbocycles. The number of carbonyl (C=O) groups excluding carboxylic acids is 2. The van der Waals surface area contributed by atoms with E-state index in [0.717, 1.165) is 25.7 Å². The molecule has 1 fully saturated rings. The molecule has 0 bridgehead atoms. The Morgan fingerprint density at radius 2 is 1.89 bits per heavy atom. The minimum absolute atomic E-state index is 0.0348. The van der Waals surface area contributed by atoms with E-state index in [9.17, 15) is 9.59 Å². The van der Waals surface area contributed by atoms with Crippen LogP contribution in [0.4, 0.5) is 0 Å². The SMILES string of the molecule is CCC[C@@H](N)C(=O)N1CCC(C(=O)N(C)C)CC1. The van der Waals surface area contributed by atoms with Crippen LogP contribution in [0.15, 0.2) is 0 Å². The summed E-state index contributed by atoms with van der Waals surface area (Å²) in [6, 6.07) is -0.379. The third-order valence-corrected chi connectivity index (χ3v) is 3.51. The fraction of sp³-hybridized carbons (Fsp3) is 0.846. The quantitative estimate of drug-likeness (QED) is 0.792. The molecule has 0 aliphatic carbocycles. The number of amides is 2. The molecule has 5 nitrogen and oxygen atoms in total. The summed E-state index contributed by atoms with van der Waals surface area (Å²) < 4.78 is 0. The Morgan fingerprint density at radius 1 is 1.33 bits per heavy atom. The molecule has 1 rings (SSSR count). The summed E-state index contributed by atoms with van der Waals surface area (Å²) in [5.41, 5.74) is 5.83. The first-order chi connectivity index (χ1) is 8.47. The lowest BCUT2D eigenvalue weighted by atomic mass is 9.95. The Labute approximate surface area is 109 Å². The van der Waals surface area contributed by atoms with Crippen LogP contribution in [0.2, 0.25) is 0 Å². The minimum atomic E-state index is -0.379. The summed E-state index contributed by atoms with van der Waals surface area (Å²) in [6.45, 7) is 3.33. The highest BCUT2D eigenvalue weighted by Crippen LogP contribution is 2.19. The van der Waals surface area contributed by atoms with Crippen LogP contribution in [0, 0.1) is 5.92 Å². The van der Waals surface area contributed by atoms with Gasteiger partial charge in [0.25, 0.3) is 0 Å². The van der Waals surface area contributed by atoms with Gasteiger partial charge in [-0.2, -0.15) is 0 Å². The summed E-state index contributed by atoms with van der Waals surface area (Å²) in [7, 11) is 3.55. The fourth-order valence-electron chi connectivity index (χ4n) is 2.38. The Bertz CT molecular complexity index is 297. The average molecular weight is 255 g/mol. The predicted molar refractivity (Wildman–Crippen MR) is 70.9 cm³/mol. The lowest BCUT2D eigenvalue weighted by molar-refractivity contribution is -0.139. The Balaban J connectivity index is 2.44. The van der Waals surface area contributed by atoms with Gasteiger partial charge in [0.05, 0.1) is 6.04 Å². The average Bonchev–Trinajstić information content (AvgIpc) is 2.37. The zero-order valence-electron chi connectivity index (χ0n) is 11.7. The molecule has 0 saturated carbocycles. The monoisotopic (exact) mass is 255 g/mol. The van der Waals surface area contributed by atoms with Gasteiger partial charge in [-0.1, -0.05) is 13.3 Å². The van der Waals surface area contributed by atoms with Crippen molar-refractivity contribution in [1.82, 2.24) is 9.80 Å². The molecule has 1 aliphatic heterocycles. The maximum Gasteiger partial charge on any atom is 0.239 e. The number of hydrogen-bond donors (Lipinski definition) is 1. The van der Waals surface area contributed by atoms with Gasteiger partial charge in [-0.05, 0) is 19.3 Å². The van der Waals surface area contributed by atoms with Gasteiger partial charge in [-0.15, -0.1) is 0 Å². The van der Waals surface area contributed by atoms with Crippen molar-refractivity contribution >= 4 is 11.8 Å². The highest BCUT2D eigenvalue weighted by molar-refractivity contribution is 5.82. The van der Waals surface area contributed by atoms with Crippen LogP contribution in [-0.2, 0) is 9.59 Å². The molecule has 5 heteroatoms. The van der Waals surface area contributed by atoms with Gasteiger partial charge in [0.2, 0.25) is 11.8 Å². The van der Waals surface area contributed by atoms with E-state index in [0.29, 0.717) is 13.1 Å². The molecule has 0 aromatic heterocycles. The number of nitrogens with zero attached hydrogens (tertiary/aromatic N) is 2. The Hall–Kier alpha value is -1.10. The molecular formula is C13H25N3O2. The second kappa shape index (κ2) is 6.73. The molecule has 2 amide bonds. The first-order valence-electron chi connectivity index (χ1n) is 6.72. The van der Waals surface area contributed by atoms with E-state index >= 15 is 0 Å². The third-order valence-electron chi connectivity index (χ3n) is 3.51. The van der Waals surface area contributed by atoms with Crippen LogP contribution >= 0.6 is 0 Å². The van der Waals surface area contributed by atoms with Crippen molar-refractivity contribution in [2.75, 3.05) is 27.2 Å². The van der Waals surface area contributed by atoms with Gasteiger partial charge in [-0.25, -0.2) is 0 Å². The molecule has 1 heterocycles. The summed E-state index contributed by atoms with van der Waals surface area (Å²) in [5.74, 6) is 0.263. The van der Waals surface area contributed by atoms with Gasteiger partial charge < -0.3 is 15.5 Å². The van der Waals surface area contributed by atoms with E-state index in [1.807, 2.05) is 6.92 Å². The summed E-state index contributed by atoms with van der Waals surface area (Å²) in [4.78, 5) is 27.2. The van der Waals surface area contributed by atoms with Crippen LogP contribution in [-0.4, -0.2) is 54.8 Å². The molecule has 1 aliphatic rings. The molecule has 2 N–H and O–H groups in total. The van der Waals surface area contributed by atoms with Gasteiger partial charge >= 0.3 is 0 Å². The second-order valence-corrected chi connectivity index (χ2v) is 5.23. The van der Waals surface area contributed by atoms with E-state index in [-0.39, 0.29) is 23.8 Å². The Kier molecular flexibility index (Phi) is 5.59. The molecule has 18 heavy (non-hydrogen) atoms. The predicted octanol–water partition coefficient (Wildman–Crippen LogP) is 0.441. The van der Waals surface area contributed by atoms with Crippen molar-refractivity contribution in [1.29, 1.82) is 0 Å². The van der Waals surface area contributed by atoms with E-state index in [1.165, 1.54) is 0 Å². The van der Waals surface area contributed by atoms with E-state index < -0.39 is 0 Å². The number of carbonyl (C=O) groups is 2. The van der Waals surface area contributed by atoms with Crippen LogP contribution in [0.25, 0.3) is 0 Å². The normalized spacial score (nSPS) is 18.6. The van der Waals surface area contributed by atoms with Crippen LogP contribution in [0.1, 0.15) is 32.6 Å². The second-order valence-electron chi connectivity index (χ2n) is 5.23. The van der Waals surface area contributed by atoms with Gasteiger partial charge in [0, 0.05) is 33.1 Å². The lowest BCUT2D eigenvalue weighted by Gasteiger charge is -2.33.